The molecule has 0 fully saturated rings. The van der Waals surface area contributed by atoms with Gasteiger partial charge in [-0.1, -0.05) is 36.4 Å². The van der Waals surface area contributed by atoms with Gasteiger partial charge < -0.3 is 14.0 Å². The molecule has 0 bridgehead atoms. The van der Waals surface area contributed by atoms with Crippen LogP contribution in [0.4, 0.5) is 52.7 Å². The summed E-state index contributed by atoms with van der Waals surface area (Å²) in [5.41, 5.74) is -1.69. The summed E-state index contributed by atoms with van der Waals surface area (Å²) in [7, 11) is -2.68. The van der Waals surface area contributed by atoms with Crippen molar-refractivity contribution in [2.45, 2.75) is 6.42 Å². The highest BCUT2D eigenvalue weighted by atomic mass is 19.2. The van der Waals surface area contributed by atoms with E-state index in [1.807, 2.05) is 0 Å². The number of halogens is 12. The third-order valence-corrected chi connectivity index (χ3v) is 7.88. The van der Waals surface area contributed by atoms with E-state index in [2.05, 4.69) is 0 Å². The Morgan fingerprint density at radius 1 is 0.429 bits per heavy atom. The summed E-state index contributed by atoms with van der Waals surface area (Å²) in [5, 5.41) is -3.95. The first-order chi connectivity index (χ1) is 23.3. The van der Waals surface area contributed by atoms with E-state index in [-0.39, 0.29) is 5.56 Å². The first kappa shape index (κ1) is 32.0. The van der Waals surface area contributed by atoms with Crippen molar-refractivity contribution in [3.8, 4) is 28.4 Å². The zero-order valence-corrected chi connectivity index (χ0v) is 23.7. The molecule has 0 atom stereocenters. The largest absolute Gasteiger partial charge is 0.864 e. The Bertz CT molecular complexity index is 2300. The Kier molecular flexibility index (Phi) is 7.56. The van der Waals surface area contributed by atoms with Crippen molar-refractivity contribution >= 4 is 28.9 Å². The van der Waals surface area contributed by atoms with E-state index in [4.69, 9.17) is 14.0 Å². The van der Waals surface area contributed by atoms with Crippen molar-refractivity contribution in [3.63, 3.8) is 0 Å². The minimum atomic E-state index is -2.68. The van der Waals surface area contributed by atoms with Crippen molar-refractivity contribution in [2.75, 3.05) is 0 Å². The highest BCUT2D eigenvalue weighted by Crippen LogP contribution is 2.47. The smallest absolute Gasteiger partial charge is 0.489 e. The fraction of sp³-hybridized carbons (Fsp3) is 0.0303. The summed E-state index contributed by atoms with van der Waals surface area (Å²) >= 11 is 0. The second-order valence-electron chi connectivity index (χ2n) is 10.6. The van der Waals surface area contributed by atoms with Gasteiger partial charge in [-0.05, 0) is 23.8 Å². The summed E-state index contributed by atoms with van der Waals surface area (Å²) < 4.78 is 193. The van der Waals surface area contributed by atoms with Crippen LogP contribution in [-0.2, 0) is 6.42 Å². The van der Waals surface area contributed by atoms with E-state index in [9.17, 15) is 35.1 Å². The molecule has 0 aromatic heterocycles. The molecule has 16 heteroatoms. The Balaban J connectivity index is 1.43. The molecule has 0 saturated heterocycles. The molecule has 0 radical (unpaired) electrons. The molecule has 0 saturated carbocycles. The zero-order valence-electron chi connectivity index (χ0n) is 23.7. The molecule has 0 unspecified atom stereocenters. The predicted octanol–water partition coefficient (Wildman–Crippen LogP) is 9.76. The maximum absolute atomic E-state index is 15.5. The Hall–Kier alpha value is -5.54. The molecule has 49 heavy (non-hydrogen) atoms. The molecule has 6 aromatic carbocycles. The van der Waals surface area contributed by atoms with E-state index >= 15 is 17.6 Å². The molecule has 0 N–H and O–H groups in total. The topological polar surface area (TPSA) is 27.7 Å². The maximum Gasteiger partial charge on any atom is 0.864 e. The van der Waals surface area contributed by atoms with Crippen molar-refractivity contribution < 1.29 is 66.6 Å². The second-order valence-corrected chi connectivity index (χ2v) is 10.6. The van der Waals surface area contributed by atoms with Gasteiger partial charge in [0.2, 0.25) is 5.82 Å². The molecule has 0 heterocycles. The highest BCUT2D eigenvalue weighted by Gasteiger charge is 2.40. The van der Waals surface area contributed by atoms with Crippen molar-refractivity contribution in [3.05, 3.63) is 136 Å². The first-order valence-electron chi connectivity index (χ1n) is 13.8. The summed E-state index contributed by atoms with van der Waals surface area (Å²) in [6, 6.07) is 8.65. The molecule has 3 nitrogen and oxygen atoms in total. The quantitative estimate of drug-likeness (QED) is 0.0752. The minimum Gasteiger partial charge on any atom is -0.489 e. The van der Waals surface area contributed by atoms with Gasteiger partial charge in [-0.2, -0.15) is 4.39 Å². The van der Waals surface area contributed by atoms with Gasteiger partial charge in [0, 0.05) is 33.9 Å². The molecular weight excluding hydrogens is 683 g/mol. The Morgan fingerprint density at radius 2 is 0.898 bits per heavy atom. The van der Waals surface area contributed by atoms with Gasteiger partial charge in [-0.15, -0.1) is 0 Å². The fourth-order valence-electron chi connectivity index (χ4n) is 5.72. The summed E-state index contributed by atoms with van der Waals surface area (Å²) in [5.74, 6) is -26.8. The van der Waals surface area contributed by atoms with Crippen molar-refractivity contribution in [1.82, 2.24) is 0 Å². The Labute approximate surface area is 266 Å². The number of hydrogen-bond donors (Lipinski definition) is 0. The number of rotatable bonds is 6. The average molecular weight is 694 g/mol. The van der Waals surface area contributed by atoms with Gasteiger partial charge in [0.15, 0.2) is 58.2 Å². The van der Waals surface area contributed by atoms with E-state index in [1.54, 1.807) is 0 Å². The Morgan fingerprint density at radius 3 is 1.43 bits per heavy atom. The third kappa shape index (κ3) is 4.79. The number of fused-ring (bicyclic) bond motifs is 5. The zero-order chi connectivity index (χ0) is 35.0. The fourth-order valence-corrected chi connectivity index (χ4v) is 5.72. The van der Waals surface area contributed by atoms with E-state index in [1.165, 1.54) is 12.1 Å². The van der Waals surface area contributed by atoms with Crippen LogP contribution in [0.5, 0.6) is 17.2 Å². The lowest BCUT2D eigenvalue weighted by Crippen LogP contribution is -2.38. The van der Waals surface area contributed by atoms with Gasteiger partial charge in [-0.25, -0.2) is 48.3 Å². The molecule has 0 amide bonds. The second kappa shape index (κ2) is 11.6. The van der Waals surface area contributed by atoms with Crippen molar-refractivity contribution in [2.24, 2.45) is 0 Å². The highest BCUT2D eigenvalue weighted by molar-refractivity contribution is 6.40. The van der Waals surface area contributed by atoms with Gasteiger partial charge in [0.05, 0.1) is 10.8 Å². The van der Waals surface area contributed by atoms with E-state index in [0.717, 1.165) is 42.5 Å². The maximum atomic E-state index is 15.5. The molecule has 248 valence electrons. The van der Waals surface area contributed by atoms with Crippen LogP contribution in [0.3, 0.4) is 0 Å². The van der Waals surface area contributed by atoms with Crippen LogP contribution in [0, 0.1) is 69.8 Å². The van der Waals surface area contributed by atoms with Gasteiger partial charge in [-0.3, -0.25) is 0 Å². The molecule has 1 aliphatic rings. The van der Waals surface area contributed by atoms with Crippen LogP contribution in [0.25, 0.3) is 32.7 Å². The van der Waals surface area contributed by atoms with Crippen LogP contribution >= 0.6 is 0 Å². The van der Waals surface area contributed by atoms with Crippen LogP contribution in [0.15, 0.2) is 54.6 Å². The van der Waals surface area contributed by atoms with Crippen LogP contribution < -0.4 is 14.0 Å². The summed E-state index contributed by atoms with van der Waals surface area (Å²) in [4.78, 5) is 0. The van der Waals surface area contributed by atoms with Crippen LogP contribution in [-0.4, -0.2) is 7.32 Å². The molecule has 6 aromatic rings. The lowest BCUT2D eigenvalue weighted by Gasteiger charge is -2.21. The van der Waals surface area contributed by atoms with Gasteiger partial charge >= 0.3 is 7.32 Å². The van der Waals surface area contributed by atoms with Crippen molar-refractivity contribution in [1.29, 1.82) is 0 Å². The molecule has 7 rings (SSSR count). The number of hydrogen-bond acceptors (Lipinski definition) is 3. The third-order valence-electron chi connectivity index (χ3n) is 7.88. The molecule has 0 spiro atoms. The summed E-state index contributed by atoms with van der Waals surface area (Å²) in [6.45, 7) is 0. The minimum absolute atomic E-state index is 0.0512. The molecule has 1 aliphatic carbocycles. The monoisotopic (exact) mass is 694 g/mol. The molecule has 0 aliphatic heterocycles. The first-order valence-corrected chi connectivity index (χ1v) is 13.8. The van der Waals surface area contributed by atoms with Crippen LogP contribution in [0.2, 0.25) is 0 Å². The molecular formula is C33H11BF12O3. The normalized spacial score (nSPS) is 12.0. The van der Waals surface area contributed by atoms with Gasteiger partial charge in [0.25, 0.3) is 0 Å². The van der Waals surface area contributed by atoms with Crippen LogP contribution in [0.1, 0.15) is 11.1 Å². The number of benzene rings is 6. The predicted molar refractivity (Wildman–Crippen MR) is 150 cm³/mol. The summed E-state index contributed by atoms with van der Waals surface area (Å²) in [6.07, 6.45) is -0.476. The van der Waals surface area contributed by atoms with E-state index in [0.29, 0.717) is 0 Å². The average Bonchev–Trinajstić information content (AvgIpc) is 3.49. The van der Waals surface area contributed by atoms with Gasteiger partial charge in [0.1, 0.15) is 23.1 Å². The van der Waals surface area contributed by atoms with E-state index < -0.39 is 139 Å². The SMILES string of the molecule is Fc1cccc2c1-c1c(F)c(F)c(F)c(OB(Oc3cccc4c(F)c(F)c(F)c(F)c34)Oc3cccc4c(F)c(F)c(F)c(F)c34)c1C2. The standard InChI is InChI=1S/C33H11BF12O3/c35-15-7-1-4-11-10-14-21(18(11)15)26(40)31(45)32(46)33(14)49-34(47-16-8-2-5-12-19(16)24(38)29(43)27(41)22(12)36)48-17-9-3-6-13-20(17)25(39)30(44)28(42)23(13)37/h1-9H,10H2. The lowest BCUT2D eigenvalue weighted by molar-refractivity contribution is 0.296. The lowest BCUT2D eigenvalue weighted by atomic mass is 10.0.